The summed E-state index contributed by atoms with van der Waals surface area (Å²) in [5.74, 6) is 0.516. The van der Waals surface area contributed by atoms with Gasteiger partial charge in [0.25, 0.3) is 5.91 Å². The second-order valence-corrected chi connectivity index (χ2v) is 7.88. The highest BCUT2D eigenvalue weighted by atomic mass is 16.5. The molecule has 0 aliphatic carbocycles. The monoisotopic (exact) mass is 446 g/mol. The number of aromatic nitrogens is 2. The fraction of sp³-hybridized carbons (Fsp3) is 0.0714. The number of hydrazone groups is 1. The number of para-hydroxylation sites is 1. The summed E-state index contributed by atoms with van der Waals surface area (Å²) < 4.78 is 5.29. The van der Waals surface area contributed by atoms with E-state index < -0.39 is 0 Å². The van der Waals surface area contributed by atoms with Crippen molar-refractivity contribution in [2.75, 3.05) is 7.11 Å². The van der Waals surface area contributed by atoms with Gasteiger partial charge in [0.15, 0.2) is 0 Å². The average molecular weight is 447 g/mol. The minimum absolute atomic E-state index is 0.298. The van der Waals surface area contributed by atoms with Gasteiger partial charge in [0.2, 0.25) is 0 Å². The van der Waals surface area contributed by atoms with Gasteiger partial charge in [-0.05, 0) is 65.7 Å². The van der Waals surface area contributed by atoms with Gasteiger partial charge in [-0.1, -0.05) is 36.4 Å². The molecule has 2 aromatic heterocycles. The SMILES string of the molecule is COc1ccc2cc(/C(C)=N/NC(=O)c3cc(-c4cccnc4)nc4ccccc34)ccc2c1. The van der Waals surface area contributed by atoms with Gasteiger partial charge in [-0.2, -0.15) is 5.10 Å². The van der Waals surface area contributed by atoms with Crippen LogP contribution in [0.25, 0.3) is 32.9 Å². The van der Waals surface area contributed by atoms with E-state index in [2.05, 4.69) is 15.5 Å². The number of nitrogens with zero attached hydrogens (tertiary/aromatic N) is 3. The summed E-state index contributed by atoms with van der Waals surface area (Å²) in [6.45, 7) is 1.87. The molecule has 34 heavy (non-hydrogen) atoms. The van der Waals surface area contributed by atoms with Crippen LogP contribution in [0.15, 0.2) is 96.4 Å². The van der Waals surface area contributed by atoms with Crippen molar-refractivity contribution in [1.29, 1.82) is 0 Å². The molecule has 0 atom stereocenters. The summed E-state index contributed by atoms with van der Waals surface area (Å²) in [4.78, 5) is 22.1. The number of rotatable bonds is 5. The van der Waals surface area contributed by atoms with E-state index in [0.717, 1.165) is 38.6 Å². The molecule has 5 rings (SSSR count). The van der Waals surface area contributed by atoms with Crippen molar-refractivity contribution in [2.24, 2.45) is 5.10 Å². The summed E-state index contributed by atoms with van der Waals surface area (Å²) >= 11 is 0. The second-order valence-electron chi connectivity index (χ2n) is 7.88. The van der Waals surface area contributed by atoms with Gasteiger partial charge < -0.3 is 4.74 Å². The molecular formula is C28H22N4O2. The maximum atomic E-state index is 13.2. The fourth-order valence-electron chi connectivity index (χ4n) is 3.86. The largest absolute Gasteiger partial charge is 0.497 e. The van der Waals surface area contributed by atoms with Crippen molar-refractivity contribution >= 4 is 33.3 Å². The molecule has 0 saturated carbocycles. The minimum atomic E-state index is -0.298. The van der Waals surface area contributed by atoms with Gasteiger partial charge in [-0.15, -0.1) is 0 Å². The zero-order valence-electron chi connectivity index (χ0n) is 18.8. The molecule has 5 aromatic rings. The standard InChI is InChI=1S/C28H22N4O2/c1-18(19-9-10-21-15-23(34-2)12-11-20(21)14-19)31-32-28(33)25-16-27(22-6-5-13-29-17-22)30-26-8-4-3-7-24(25)26/h3-17H,1-2H3,(H,32,33)/b31-18+. The Balaban J connectivity index is 1.46. The maximum absolute atomic E-state index is 13.2. The van der Waals surface area contributed by atoms with Crippen LogP contribution >= 0.6 is 0 Å². The molecule has 0 bridgehead atoms. The molecule has 0 aliphatic heterocycles. The summed E-state index contributed by atoms with van der Waals surface area (Å²) in [5, 5.41) is 7.29. The number of carbonyl (C=O) groups is 1. The number of pyridine rings is 2. The third-order valence-corrected chi connectivity index (χ3v) is 5.71. The lowest BCUT2D eigenvalue weighted by Gasteiger charge is -2.10. The second kappa shape index (κ2) is 9.11. The van der Waals surface area contributed by atoms with Crippen LogP contribution in [0, 0.1) is 0 Å². The molecule has 0 fully saturated rings. The number of hydrogen-bond donors (Lipinski definition) is 1. The first kappa shape index (κ1) is 21.3. The third-order valence-electron chi connectivity index (χ3n) is 5.71. The fourth-order valence-corrected chi connectivity index (χ4v) is 3.86. The number of fused-ring (bicyclic) bond motifs is 2. The van der Waals surface area contributed by atoms with Crippen LogP contribution in [0.1, 0.15) is 22.8 Å². The molecule has 0 spiro atoms. The highest BCUT2D eigenvalue weighted by Gasteiger charge is 2.14. The van der Waals surface area contributed by atoms with Crippen molar-refractivity contribution in [2.45, 2.75) is 6.92 Å². The Morgan fingerprint density at radius 2 is 1.76 bits per heavy atom. The minimum Gasteiger partial charge on any atom is -0.497 e. The van der Waals surface area contributed by atoms with E-state index >= 15 is 0 Å². The van der Waals surface area contributed by atoms with Gasteiger partial charge >= 0.3 is 0 Å². The highest BCUT2D eigenvalue weighted by Crippen LogP contribution is 2.25. The van der Waals surface area contributed by atoms with E-state index in [1.807, 2.05) is 79.7 Å². The van der Waals surface area contributed by atoms with Gasteiger partial charge in [-0.25, -0.2) is 10.4 Å². The Labute approximate surface area is 196 Å². The van der Waals surface area contributed by atoms with Crippen molar-refractivity contribution in [1.82, 2.24) is 15.4 Å². The Morgan fingerprint density at radius 1 is 0.941 bits per heavy atom. The molecule has 166 valence electrons. The molecule has 0 unspecified atom stereocenters. The molecule has 6 heteroatoms. The van der Waals surface area contributed by atoms with Gasteiger partial charge in [0.1, 0.15) is 5.75 Å². The first-order valence-electron chi connectivity index (χ1n) is 10.9. The lowest BCUT2D eigenvalue weighted by Crippen LogP contribution is -2.20. The highest BCUT2D eigenvalue weighted by molar-refractivity contribution is 6.08. The number of carbonyl (C=O) groups excluding carboxylic acids is 1. The number of hydrogen-bond acceptors (Lipinski definition) is 5. The van der Waals surface area contributed by atoms with Crippen LogP contribution in [0.3, 0.4) is 0 Å². The van der Waals surface area contributed by atoms with E-state index in [-0.39, 0.29) is 5.91 Å². The van der Waals surface area contributed by atoms with Crippen molar-refractivity contribution in [3.63, 3.8) is 0 Å². The van der Waals surface area contributed by atoms with E-state index in [9.17, 15) is 4.79 Å². The molecule has 3 aromatic carbocycles. The van der Waals surface area contributed by atoms with E-state index in [1.165, 1.54) is 0 Å². The van der Waals surface area contributed by atoms with Crippen LogP contribution < -0.4 is 10.2 Å². The predicted molar refractivity (Wildman–Crippen MR) is 135 cm³/mol. The number of nitrogens with one attached hydrogen (secondary N) is 1. The Hall–Kier alpha value is -4.58. The van der Waals surface area contributed by atoms with Gasteiger partial charge in [0, 0.05) is 23.3 Å². The smallest absolute Gasteiger partial charge is 0.272 e. The average Bonchev–Trinajstić information content (AvgIpc) is 2.90. The molecule has 0 aliphatic rings. The molecule has 6 nitrogen and oxygen atoms in total. The summed E-state index contributed by atoms with van der Waals surface area (Å²) in [7, 11) is 1.65. The molecule has 1 amide bonds. The normalized spacial score (nSPS) is 11.5. The van der Waals surface area contributed by atoms with Crippen molar-refractivity contribution < 1.29 is 9.53 Å². The molecule has 0 saturated heterocycles. The van der Waals surface area contributed by atoms with Crippen LogP contribution in [-0.2, 0) is 0 Å². The van der Waals surface area contributed by atoms with Crippen LogP contribution in [0.5, 0.6) is 5.75 Å². The Bertz CT molecular complexity index is 1550. The van der Waals surface area contributed by atoms with Crippen molar-refractivity contribution in [3.8, 4) is 17.0 Å². The van der Waals surface area contributed by atoms with Crippen LogP contribution in [0.4, 0.5) is 0 Å². The molecule has 0 radical (unpaired) electrons. The topological polar surface area (TPSA) is 76.5 Å². The molecular weight excluding hydrogens is 424 g/mol. The summed E-state index contributed by atoms with van der Waals surface area (Å²) in [6, 6.07) is 25.1. The first-order valence-corrected chi connectivity index (χ1v) is 10.9. The van der Waals surface area contributed by atoms with Gasteiger partial charge in [-0.3, -0.25) is 9.78 Å². The molecule has 2 heterocycles. The maximum Gasteiger partial charge on any atom is 0.272 e. The summed E-state index contributed by atoms with van der Waals surface area (Å²) in [5.41, 5.74) is 7.12. The zero-order valence-corrected chi connectivity index (χ0v) is 18.8. The van der Waals surface area contributed by atoms with Gasteiger partial charge in [0.05, 0.1) is 29.6 Å². The Morgan fingerprint density at radius 3 is 2.59 bits per heavy atom. The summed E-state index contributed by atoms with van der Waals surface area (Å²) in [6.07, 6.45) is 3.44. The number of benzene rings is 3. The van der Waals surface area contributed by atoms with E-state index in [4.69, 9.17) is 9.72 Å². The van der Waals surface area contributed by atoms with Crippen molar-refractivity contribution in [3.05, 3.63) is 102 Å². The number of amides is 1. The predicted octanol–water partition coefficient (Wildman–Crippen LogP) is 5.61. The van der Waals surface area contributed by atoms with E-state index in [1.54, 1.807) is 25.6 Å². The number of ether oxygens (including phenoxy) is 1. The third kappa shape index (κ3) is 4.21. The zero-order chi connectivity index (χ0) is 23.5. The lowest BCUT2D eigenvalue weighted by molar-refractivity contribution is 0.0956. The lowest BCUT2D eigenvalue weighted by atomic mass is 10.0. The van der Waals surface area contributed by atoms with Crippen LogP contribution in [-0.4, -0.2) is 28.7 Å². The van der Waals surface area contributed by atoms with Crippen LogP contribution in [0.2, 0.25) is 0 Å². The van der Waals surface area contributed by atoms with E-state index in [0.29, 0.717) is 17.0 Å². The number of methoxy groups -OCH3 is 1. The Kier molecular flexibility index (Phi) is 5.70. The first-order chi connectivity index (χ1) is 16.6. The molecule has 1 N–H and O–H groups in total. The quantitative estimate of drug-likeness (QED) is 0.281.